The maximum atomic E-state index is 11.9. The number of piperidine rings is 1. The third-order valence-corrected chi connectivity index (χ3v) is 4.06. The van der Waals surface area contributed by atoms with Crippen molar-refractivity contribution in [2.45, 2.75) is 57.5 Å². The Hall–Kier alpha value is -0.570. The van der Waals surface area contributed by atoms with Crippen molar-refractivity contribution < 1.29 is 9.90 Å². The van der Waals surface area contributed by atoms with E-state index in [2.05, 4.69) is 0 Å². The molecule has 3 heteroatoms. The van der Waals surface area contributed by atoms with Crippen molar-refractivity contribution >= 4 is 5.91 Å². The van der Waals surface area contributed by atoms with E-state index in [4.69, 9.17) is 0 Å². The highest BCUT2D eigenvalue weighted by Crippen LogP contribution is 2.28. The molecule has 0 spiro atoms. The van der Waals surface area contributed by atoms with Crippen LogP contribution in [0.15, 0.2) is 0 Å². The first-order chi connectivity index (χ1) is 7.75. The van der Waals surface area contributed by atoms with Gasteiger partial charge in [0, 0.05) is 19.5 Å². The minimum atomic E-state index is -0.182. The predicted molar refractivity (Wildman–Crippen MR) is 63.0 cm³/mol. The molecule has 16 heavy (non-hydrogen) atoms. The lowest BCUT2D eigenvalue weighted by Gasteiger charge is -2.30. The fourth-order valence-electron chi connectivity index (χ4n) is 2.90. The van der Waals surface area contributed by atoms with Crippen LogP contribution < -0.4 is 0 Å². The molecule has 1 aliphatic heterocycles. The lowest BCUT2D eigenvalue weighted by molar-refractivity contribution is -0.133. The van der Waals surface area contributed by atoms with Gasteiger partial charge in [-0.3, -0.25) is 4.79 Å². The first kappa shape index (κ1) is 11.9. The molecular weight excluding hydrogens is 202 g/mol. The summed E-state index contributed by atoms with van der Waals surface area (Å²) in [6, 6.07) is 0. The summed E-state index contributed by atoms with van der Waals surface area (Å²) in [6.45, 7) is 1.51. The van der Waals surface area contributed by atoms with Crippen LogP contribution in [-0.2, 0) is 4.79 Å². The zero-order chi connectivity index (χ0) is 11.4. The number of rotatable bonds is 3. The normalized spacial score (nSPS) is 23.9. The molecule has 3 nitrogen and oxygen atoms in total. The van der Waals surface area contributed by atoms with Crippen molar-refractivity contribution in [2.24, 2.45) is 5.92 Å². The SMILES string of the molecule is O=C(CCC1CCCC1)N1CCC(O)CC1. The van der Waals surface area contributed by atoms with Crippen LogP contribution in [0.25, 0.3) is 0 Å². The van der Waals surface area contributed by atoms with E-state index in [1.807, 2.05) is 4.90 Å². The topological polar surface area (TPSA) is 40.5 Å². The first-order valence-corrected chi connectivity index (χ1v) is 6.71. The average molecular weight is 225 g/mol. The molecule has 92 valence electrons. The lowest BCUT2D eigenvalue weighted by Crippen LogP contribution is -2.40. The van der Waals surface area contributed by atoms with Gasteiger partial charge in [0.25, 0.3) is 0 Å². The number of likely N-dealkylation sites (tertiary alicyclic amines) is 1. The number of nitrogens with zero attached hydrogens (tertiary/aromatic N) is 1. The van der Waals surface area contributed by atoms with Crippen LogP contribution in [0, 0.1) is 5.92 Å². The van der Waals surface area contributed by atoms with Gasteiger partial charge in [-0.05, 0) is 25.2 Å². The van der Waals surface area contributed by atoms with Crippen molar-refractivity contribution in [1.82, 2.24) is 4.90 Å². The van der Waals surface area contributed by atoms with Crippen molar-refractivity contribution in [3.8, 4) is 0 Å². The van der Waals surface area contributed by atoms with Crippen LogP contribution in [0.5, 0.6) is 0 Å². The molecule has 1 saturated carbocycles. The molecule has 2 fully saturated rings. The second-order valence-corrected chi connectivity index (χ2v) is 5.30. The van der Waals surface area contributed by atoms with Gasteiger partial charge in [-0.25, -0.2) is 0 Å². The van der Waals surface area contributed by atoms with E-state index in [1.54, 1.807) is 0 Å². The van der Waals surface area contributed by atoms with Gasteiger partial charge in [-0.1, -0.05) is 25.7 Å². The smallest absolute Gasteiger partial charge is 0.222 e. The summed E-state index contributed by atoms with van der Waals surface area (Å²) < 4.78 is 0. The zero-order valence-electron chi connectivity index (χ0n) is 10.0. The molecule has 2 rings (SSSR count). The van der Waals surface area contributed by atoms with Gasteiger partial charge in [0.05, 0.1) is 6.10 Å². The molecule has 0 bridgehead atoms. The standard InChI is InChI=1S/C13H23NO2/c15-12-7-9-14(10-8-12)13(16)6-5-11-3-1-2-4-11/h11-12,15H,1-10H2. The van der Waals surface area contributed by atoms with E-state index in [0.717, 1.165) is 44.7 Å². The molecule has 1 saturated heterocycles. The van der Waals surface area contributed by atoms with Crippen LogP contribution in [0.3, 0.4) is 0 Å². The van der Waals surface area contributed by atoms with Crippen LogP contribution in [-0.4, -0.2) is 35.1 Å². The Kier molecular flexibility index (Phi) is 4.22. The number of aliphatic hydroxyl groups excluding tert-OH is 1. The summed E-state index contributed by atoms with van der Waals surface area (Å²) in [5, 5.41) is 9.37. The van der Waals surface area contributed by atoms with Crippen molar-refractivity contribution in [1.29, 1.82) is 0 Å². The molecule has 0 unspecified atom stereocenters. The minimum absolute atomic E-state index is 0.182. The zero-order valence-corrected chi connectivity index (χ0v) is 10.0. The van der Waals surface area contributed by atoms with Crippen molar-refractivity contribution in [2.75, 3.05) is 13.1 Å². The Labute approximate surface area is 97.8 Å². The largest absolute Gasteiger partial charge is 0.393 e. The van der Waals surface area contributed by atoms with E-state index in [9.17, 15) is 9.90 Å². The molecule has 0 atom stereocenters. The van der Waals surface area contributed by atoms with Crippen LogP contribution in [0.2, 0.25) is 0 Å². The third-order valence-electron chi connectivity index (χ3n) is 4.06. The van der Waals surface area contributed by atoms with E-state index in [-0.39, 0.29) is 6.10 Å². The van der Waals surface area contributed by atoms with Gasteiger partial charge < -0.3 is 10.0 Å². The van der Waals surface area contributed by atoms with E-state index in [0.29, 0.717) is 5.91 Å². The summed E-state index contributed by atoms with van der Waals surface area (Å²) >= 11 is 0. The van der Waals surface area contributed by atoms with Gasteiger partial charge in [0.15, 0.2) is 0 Å². The fourth-order valence-corrected chi connectivity index (χ4v) is 2.90. The highest BCUT2D eigenvalue weighted by molar-refractivity contribution is 5.76. The van der Waals surface area contributed by atoms with Gasteiger partial charge in [-0.15, -0.1) is 0 Å². The quantitative estimate of drug-likeness (QED) is 0.797. The molecule has 2 aliphatic rings. The molecule has 1 heterocycles. The maximum Gasteiger partial charge on any atom is 0.222 e. The van der Waals surface area contributed by atoms with Gasteiger partial charge in [0.2, 0.25) is 5.91 Å². The lowest BCUT2D eigenvalue weighted by atomic mass is 10.0. The van der Waals surface area contributed by atoms with Crippen LogP contribution >= 0.6 is 0 Å². The first-order valence-electron chi connectivity index (χ1n) is 6.71. The summed E-state index contributed by atoms with van der Waals surface area (Å²) in [6.07, 6.45) is 8.50. The molecule has 1 N–H and O–H groups in total. The summed E-state index contributed by atoms with van der Waals surface area (Å²) in [5.41, 5.74) is 0. The summed E-state index contributed by atoms with van der Waals surface area (Å²) in [4.78, 5) is 13.8. The van der Waals surface area contributed by atoms with Crippen LogP contribution in [0.1, 0.15) is 51.4 Å². The van der Waals surface area contributed by atoms with Crippen molar-refractivity contribution in [3.63, 3.8) is 0 Å². The molecule has 0 radical (unpaired) electrons. The molecule has 1 aliphatic carbocycles. The highest BCUT2D eigenvalue weighted by atomic mass is 16.3. The molecular formula is C13H23NO2. The molecule has 0 aromatic rings. The number of amides is 1. The second-order valence-electron chi connectivity index (χ2n) is 5.30. The van der Waals surface area contributed by atoms with E-state index < -0.39 is 0 Å². The van der Waals surface area contributed by atoms with Crippen molar-refractivity contribution in [3.05, 3.63) is 0 Å². The van der Waals surface area contributed by atoms with E-state index in [1.165, 1.54) is 25.7 Å². The van der Waals surface area contributed by atoms with Gasteiger partial charge in [-0.2, -0.15) is 0 Å². The minimum Gasteiger partial charge on any atom is -0.393 e. The van der Waals surface area contributed by atoms with Crippen LogP contribution in [0.4, 0.5) is 0 Å². The Morgan fingerprint density at radius 3 is 2.38 bits per heavy atom. The third kappa shape index (κ3) is 3.21. The number of hydrogen-bond acceptors (Lipinski definition) is 2. The summed E-state index contributed by atoms with van der Waals surface area (Å²) in [7, 11) is 0. The monoisotopic (exact) mass is 225 g/mol. The van der Waals surface area contributed by atoms with Gasteiger partial charge >= 0.3 is 0 Å². The molecule has 1 amide bonds. The van der Waals surface area contributed by atoms with Gasteiger partial charge in [0.1, 0.15) is 0 Å². The Morgan fingerprint density at radius 2 is 1.75 bits per heavy atom. The average Bonchev–Trinajstić information content (AvgIpc) is 2.80. The number of carbonyl (C=O) groups is 1. The number of carbonyl (C=O) groups excluding carboxylic acids is 1. The fraction of sp³-hybridized carbons (Fsp3) is 0.923. The molecule has 0 aromatic heterocycles. The predicted octanol–water partition coefficient (Wildman–Crippen LogP) is 1.94. The highest BCUT2D eigenvalue weighted by Gasteiger charge is 2.22. The summed E-state index contributed by atoms with van der Waals surface area (Å²) in [5.74, 6) is 1.11. The number of hydrogen-bond donors (Lipinski definition) is 1. The number of aliphatic hydroxyl groups is 1. The maximum absolute atomic E-state index is 11.9. The Bertz CT molecular complexity index is 228. The Morgan fingerprint density at radius 1 is 1.12 bits per heavy atom. The second kappa shape index (κ2) is 5.67. The van der Waals surface area contributed by atoms with E-state index >= 15 is 0 Å². The Balaban J connectivity index is 1.67. The molecule has 0 aromatic carbocycles.